The number of carbonyl (C=O) groups excluding carboxylic acids is 2. The Kier molecular flexibility index (Phi) is 5.72. The molecular formula is C23H17FN2O3S. The van der Waals surface area contributed by atoms with Crippen LogP contribution in [0.5, 0.6) is 0 Å². The molecule has 2 amide bonds. The molecule has 7 heteroatoms. The summed E-state index contributed by atoms with van der Waals surface area (Å²) in [5, 5.41) is 6.23. The van der Waals surface area contributed by atoms with Crippen LogP contribution < -0.4 is 10.6 Å². The number of amides is 2. The van der Waals surface area contributed by atoms with Crippen LogP contribution >= 0.6 is 11.3 Å². The standard InChI is InChI=1S/C23H17FN2O3S/c24-17-10-8-16(9-11-17)21(15-5-2-1-3-6-15)26-23(28)19-12-13-20(30-19)25-22(27)18-7-4-14-29-18/h1-14,21H,(H,25,27)(H,26,28). The van der Waals surface area contributed by atoms with Crippen molar-refractivity contribution < 1.29 is 18.4 Å². The van der Waals surface area contributed by atoms with Gasteiger partial charge >= 0.3 is 0 Å². The number of furan rings is 1. The molecule has 0 fully saturated rings. The normalized spacial score (nSPS) is 11.6. The van der Waals surface area contributed by atoms with Gasteiger partial charge in [0.25, 0.3) is 11.8 Å². The lowest BCUT2D eigenvalue weighted by Gasteiger charge is -2.19. The van der Waals surface area contributed by atoms with Gasteiger partial charge in [-0.3, -0.25) is 9.59 Å². The van der Waals surface area contributed by atoms with Crippen molar-refractivity contribution in [1.29, 1.82) is 0 Å². The van der Waals surface area contributed by atoms with Gasteiger partial charge in [0.05, 0.1) is 22.2 Å². The predicted molar refractivity (Wildman–Crippen MR) is 113 cm³/mol. The Balaban J connectivity index is 1.52. The van der Waals surface area contributed by atoms with E-state index >= 15 is 0 Å². The van der Waals surface area contributed by atoms with Crippen molar-refractivity contribution in [2.75, 3.05) is 5.32 Å². The quantitative estimate of drug-likeness (QED) is 0.447. The molecule has 4 aromatic rings. The van der Waals surface area contributed by atoms with E-state index in [1.807, 2.05) is 30.3 Å². The van der Waals surface area contributed by atoms with Gasteiger partial charge < -0.3 is 15.1 Å². The molecule has 150 valence electrons. The highest BCUT2D eigenvalue weighted by atomic mass is 32.1. The van der Waals surface area contributed by atoms with Crippen LogP contribution in [0.4, 0.5) is 9.39 Å². The first-order chi connectivity index (χ1) is 14.6. The molecule has 0 bridgehead atoms. The number of hydrogen-bond donors (Lipinski definition) is 2. The number of halogens is 1. The van der Waals surface area contributed by atoms with Gasteiger partial charge in [-0.05, 0) is 47.5 Å². The molecular weight excluding hydrogens is 403 g/mol. The van der Waals surface area contributed by atoms with Crippen molar-refractivity contribution >= 4 is 28.2 Å². The topological polar surface area (TPSA) is 71.3 Å². The average molecular weight is 420 g/mol. The first-order valence-corrected chi connectivity index (χ1v) is 9.98. The zero-order chi connectivity index (χ0) is 20.9. The van der Waals surface area contributed by atoms with E-state index < -0.39 is 6.04 Å². The lowest BCUT2D eigenvalue weighted by molar-refractivity contribution is 0.0945. The number of anilines is 1. The third-order valence-corrected chi connectivity index (χ3v) is 5.42. The van der Waals surface area contributed by atoms with Crippen molar-refractivity contribution in [2.24, 2.45) is 0 Å². The fourth-order valence-electron chi connectivity index (χ4n) is 2.97. The zero-order valence-electron chi connectivity index (χ0n) is 15.7. The molecule has 2 aromatic heterocycles. The van der Waals surface area contributed by atoms with Crippen molar-refractivity contribution in [3.05, 3.63) is 113 Å². The van der Waals surface area contributed by atoms with Crippen LogP contribution in [0, 0.1) is 5.82 Å². The van der Waals surface area contributed by atoms with Crippen LogP contribution in [-0.4, -0.2) is 11.8 Å². The van der Waals surface area contributed by atoms with E-state index in [9.17, 15) is 14.0 Å². The van der Waals surface area contributed by atoms with E-state index in [2.05, 4.69) is 10.6 Å². The first-order valence-electron chi connectivity index (χ1n) is 9.16. The predicted octanol–water partition coefficient (Wildman–Crippen LogP) is 5.25. The summed E-state index contributed by atoms with van der Waals surface area (Å²) in [6.07, 6.45) is 1.42. The number of benzene rings is 2. The molecule has 0 saturated carbocycles. The molecule has 4 rings (SSSR count). The lowest BCUT2D eigenvalue weighted by atomic mass is 9.98. The highest BCUT2D eigenvalue weighted by Crippen LogP contribution is 2.26. The third kappa shape index (κ3) is 4.47. The molecule has 0 aliphatic carbocycles. The molecule has 0 aliphatic rings. The van der Waals surface area contributed by atoms with Gasteiger partial charge in [0, 0.05) is 0 Å². The Bertz CT molecular complexity index is 1140. The zero-order valence-corrected chi connectivity index (χ0v) is 16.5. The van der Waals surface area contributed by atoms with Crippen LogP contribution in [0.2, 0.25) is 0 Å². The van der Waals surface area contributed by atoms with Gasteiger partial charge in [0.15, 0.2) is 5.76 Å². The molecule has 0 spiro atoms. The number of thiophene rings is 1. The van der Waals surface area contributed by atoms with Gasteiger partial charge in [-0.2, -0.15) is 0 Å². The minimum atomic E-state index is -0.442. The highest BCUT2D eigenvalue weighted by molar-refractivity contribution is 7.18. The van der Waals surface area contributed by atoms with Crippen LogP contribution in [0.3, 0.4) is 0 Å². The Morgan fingerprint density at radius 1 is 0.833 bits per heavy atom. The molecule has 5 nitrogen and oxygen atoms in total. The largest absolute Gasteiger partial charge is 0.459 e. The fraction of sp³-hybridized carbons (Fsp3) is 0.0435. The van der Waals surface area contributed by atoms with E-state index in [1.165, 1.54) is 18.4 Å². The Morgan fingerprint density at radius 2 is 1.57 bits per heavy atom. The minimum absolute atomic E-state index is 0.190. The third-order valence-electron chi connectivity index (χ3n) is 4.42. The van der Waals surface area contributed by atoms with Gasteiger partial charge in [0.1, 0.15) is 5.82 Å². The highest BCUT2D eigenvalue weighted by Gasteiger charge is 2.20. The van der Waals surface area contributed by atoms with Gasteiger partial charge in [-0.15, -0.1) is 11.3 Å². The molecule has 1 unspecified atom stereocenters. The van der Waals surface area contributed by atoms with Gasteiger partial charge in [-0.25, -0.2) is 4.39 Å². The maximum Gasteiger partial charge on any atom is 0.291 e. The van der Waals surface area contributed by atoms with Crippen LogP contribution in [0.1, 0.15) is 37.4 Å². The number of hydrogen-bond acceptors (Lipinski definition) is 4. The molecule has 2 N–H and O–H groups in total. The summed E-state index contributed by atoms with van der Waals surface area (Å²) in [6.45, 7) is 0. The maximum absolute atomic E-state index is 13.4. The van der Waals surface area contributed by atoms with E-state index in [-0.39, 0.29) is 23.4 Å². The molecule has 30 heavy (non-hydrogen) atoms. The molecule has 2 aromatic carbocycles. The number of rotatable bonds is 6. The maximum atomic E-state index is 13.4. The van der Waals surface area contributed by atoms with Crippen molar-refractivity contribution in [1.82, 2.24) is 5.32 Å². The summed E-state index contributed by atoms with van der Waals surface area (Å²) in [5.41, 5.74) is 1.64. The summed E-state index contributed by atoms with van der Waals surface area (Å²) in [7, 11) is 0. The van der Waals surface area contributed by atoms with Gasteiger partial charge in [-0.1, -0.05) is 42.5 Å². The summed E-state index contributed by atoms with van der Waals surface area (Å²) < 4.78 is 18.4. The molecule has 2 heterocycles. The Hall–Kier alpha value is -3.71. The summed E-state index contributed by atoms with van der Waals surface area (Å²) in [5.74, 6) is -0.833. The van der Waals surface area contributed by atoms with Gasteiger partial charge in [0.2, 0.25) is 0 Å². The molecule has 0 saturated heterocycles. The average Bonchev–Trinajstić information content (AvgIpc) is 3.46. The number of nitrogens with one attached hydrogen (secondary N) is 2. The molecule has 0 aliphatic heterocycles. The monoisotopic (exact) mass is 420 g/mol. The lowest BCUT2D eigenvalue weighted by Crippen LogP contribution is -2.28. The molecule has 0 radical (unpaired) electrons. The smallest absolute Gasteiger partial charge is 0.291 e. The fourth-order valence-corrected chi connectivity index (χ4v) is 3.77. The Labute approximate surface area is 176 Å². The molecule has 1 atom stereocenters. The second-order valence-electron chi connectivity index (χ2n) is 6.46. The minimum Gasteiger partial charge on any atom is -0.459 e. The van der Waals surface area contributed by atoms with Crippen LogP contribution in [0.25, 0.3) is 0 Å². The summed E-state index contributed by atoms with van der Waals surface area (Å²) in [6, 6.07) is 21.5. The number of carbonyl (C=O) groups is 2. The van der Waals surface area contributed by atoms with Crippen molar-refractivity contribution in [3.63, 3.8) is 0 Å². The second kappa shape index (κ2) is 8.75. The van der Waals surface area contributed by atoms with E-state index in [0.29, 0.717) is 9.88 Å². The second-order valence-corrected chi connectivity index (χ2v) is 7.55. The van der Waals surface area contributed by atoms with E-state index in [4.69, 9.17) is 4.42 Å². The van der Waals surface area contributed by atoms with Crippen LogP contribution in [0.15, 0.2) is 89.5 Å². The first kappa shape index (κ1) is 19.6. The van der Waals surface area contributed by atoms with Crippen molar-refractivity contribution in [3.8, 4) is 0 Å². The van der Waals surface area contributed by atoms with Crippen LogP contribution in [-0.2, 0) is 0 Å². The van der Waals surface area contributed by atoms with Crippen molar-refractivity contribution in [2.45, 2.75) is 6.04 Å². The summed E-state index contributed by atoms with van der Waals surface area (Å²) in [4.78, 5) is 25.4. The summed E-state index contributed by atoms with van der Waals surface area (Å²) >= 11 is 1.16. The SMILES string of the molecule is O=C(Nc1ccc(C(=O)NC(c2ccccc2)c2ccc(F)cc2)s1)c1ccco1. The Morgan fingerprint density at radius 3 is 2.27 bits per heavy atom. The van der Waals surface area contributed by atoms with E-state index in [0.717, 1.165) is 22.5 Å². The van der Waals surface area contributed by atoms with E-state index in [1.54, 1.807) is 36.4 Å².